The second-order valence-corrected chi connectivity index (χ2v) is 5.27. The predicted octanol–water partition coefficient (Wildman–Crippen LogP) is 2.73. The average Bonchev–Trinajstić information content (AvgIpc) is 2.34. The number of nitrogens with one attached hydrogen (secondary N) is 1. The number of hydrogen-bond donors (Lipinski definition) is 1. The van der Waals surface area contributed by atoms with Crippen molar-refractivity contribution in [1.82, 2.24) is 15.3 Å². The first-order valence-corrected chi connectivity index (χ1v) is 6.54. The summed E-state index contributed by atoms with van der Waals surface area (Å²) in [4.78, 5) is 8.06. The van der Waals surface area contributed by atoms with Gasteiger partial charge in [-0.25, -0.2) is 9.97 Å². The molecular weight excluding hydrogens is 255 g/mol. The summed E-state index contributed by atoms with van der Waals surface area (Å²) in [6.45, 7) is 4.94. The smallest absolute Gasteiger partial charge is 0.312 e. The largest absolute Gasteiger partial charge is 0.433 e. The highest BCUT2D eigenvalue weighted by Gasteiger charge is 2.37. The summed E-state index contributed by atoms with van der Waals surface area (Å²) in [5.74, 6) is 0.748. The van der Waals surface area contributed by atoms with Gasteiger partial charge in [-0.15, -0.1) is 0 Å². The molecular formula is C13H18F3N3. The van der Waals surface area contributed by atoms with E-state index in [9.17, 15) is 13.2 Å². The standard InChI is InChI=1S/C13H18F3N3/c1-8(2)3-4-11-18-10-5-6-17-7-9(10)12(19-11)13(14,15)16/h8,17H,3-7H2,1-2H3. The van der Waals surface area contributed by atoms with E-state index < -0.39 is 11.9 Å². The lowest BCUT2D eigenvalue weighted by Crippen LogP contribution is -2.29. The van der Waals surface area contributed by atoms with Crippen molar-refractivity contribution in [3.63, 3.8) is 0 Å². The molecule has 0 aliphatic carbocycles. The van der Waals surface area contributed by atoms with E-state index >= 15 is 0 Å². The van der Waals surface area contributed by atoms with Gasteiger partial charge in [-0.3, -0.25) is 0 Å². The van der Waals surface area contributed by atoms with Crippen LogP contribution in [-0.2, 0) is 25.6 Å². The summed E-state index contributed by atoms with van der Waals surface area (Å²) in [6, 6.07) is 0. The van der Waals surface area contributed by atoms with Gasteiger partial charge in [0.15, 0.2) is 5.69 Å². The molecule has 1 N–H and O–H groups in total. The number of alkyl halides is 3. The molecule has 0 spiro atoms. The van der Waals surface area contributed by atoms with Gasteiger partial charge in [0.05, 0.1) is 5.69 Å². The average molecular weight is 273 g/mol. The van der Waals surface area contributed by atoms with Crippen LogP contribution in [0.25, 0.3) is 0 Å². The second-order valence-electron chi connectivity index (χ2n) is 5.27. The van der Waals surface area contributed by atoms with Crippen LogP contribution in [0.5, 0.6) is 0 Å². The number of fused-ring (bicyclic) bond motifs is 1. The molecule has 3 nitrogen and oxygen atoms in total. The van der Waals surface area contributed by atoms with Gasteiger partial charge < -0.3 is 5.32 Å². The Bertz CT molecular complexity index is 455. The molecule has 106 valence electrons. The Kier molecular flexibility index (Phi) is 4.08. The number of nitrogens with zero attached hydrogens (tertiary/aromatic N) is 2. The van der Waals surface area contributed by atoms with Crippen LogP contribution < -0.4 is 5.32 Å². The van der Waals surface area contributed by atoms with Crippen molar-refractivity contribution < 1.29 is 13.2 Å². The monoisotopic (exact) mass is 273 g/mol. The fourth-order valence-corrected chi connectivity index (χ4v) is 2.16. The van der Waals surface area contributed by atoms with E-state index in [1.165, 1.54) is 0 Å². The number of aromatic nitrogens is 2. The molecule has 0 saturated heterocycles. The van der Waals surface area contributed by atoms with Crippen LogP contribution in [0.15, 0.2) is 0 Å². The van der Waals surface area contributed by atoms with Crippen LogP contribution in [0, 0.1) is 5.92 Å². The van der Waals surface area contributed by atoms with Gasteiger partial charge in [-0.1, -0.05) is 13.8 Å². The van der Waals surface area contributed by atoms with Gasteiger partial charge in [-0.2, -0.15) is 13.2 Å². The first-order chi connectivity index (χ1) is 8.88. The zero-order valence-corrected chi connectivity index (χ0v) is 11.1. The van der Waals surface area contributed by atoms with Crippen LogP contribution in [0.4, 0.5) is 13.2 Å². The Morgan fingerprint density at radius 2 is 2.00 bits per heavy atom. The van der Waals surface area contributed by atoms with E-state index in [4.69, 9.17) is 0 Å². The second kappa shape index (κ2) is 5.45. The van der Waals surface area contributed by atoms with E-state index in [-0.39, 0.29) is 12.1 Å². The maximum absolute atomic E-state index is 13.0. The van der Waals surface area contributed by atoms with Crippen molar-refractivity contribution in [3.05, 3.63) is 22.8 Å². The molecule has 0 fully saturated rings. The fraction of sp³-hybridized carbons (Fsp3) is 0.692. The van der Waals surface area contributed by atoms with Crippen LogP contribution in [0.2, 0.25) is 0 Å². The molecule has 2 heterocycles. The highest BCUT2D eigenvalue weighted by atomic mass is 19.4. The number of hydrogen-bond acceptors (Lipinski definition) is 3. The molecule has 0 radical (unpaired) electrons. The fourth-order valence-electron chi connectivity index (χ4n) is 2.16. The van der Waals surface area contributed by atoms with Gasteiger partial charge in [0, 0.05) is 31.5 Å². The van der Waals surface area contributed by atoms with Crippen molar-refractivity contribution in [2.45, 2.75) is 45.8 Å². The normalized spacial score (nSPS) is 15.7. The minimum atomic E-state index is -4.40. The van der Waals surface area contributed by atoms with E-state index in [0.29, 0.717) is 36.8 Å². The van der Waals surface area contributed by atoms with Crippen LogP contribution in [-0.4, -0.2) is 16.5 Å². The maximum atomic E-state index is 13.0. The molecule has 0 aromatic carbocycles. The number of rotatable bonds is 3. The zero-order valence-electron chi connectivity index (χ0n) is 11.1. The van der Waals surface area contributed by atoms with Crippen LogP contribution >= 0.6 is 0 Å². The SMILES string of the molecule is CC(C)CCc1nc2c(c(C(F)(F)F)n1)CNCC2. The summed E-state index contributed by atoms with van der Waals surface area (Å²) in [5.41, 5.74) is 0.00957. The van der Waals surface area contributed by atoms with Gasteiger partial charge in [0.1, 0.15) is 5.82 Å². The highest BCUT2D eigenvalue weighted by molar-refractivity contribution is 5.30. The van der Waals surface area contributed by atoms with Gasteiger partial charge in [0.25, 0.3) is 0 Å². The lowest BCUT2D eigenvalue weighted by Gasteiger charge is -2.21. The number of halogens is 3. The lowest BCUT2D eigenvalue weighted by atomic mass is 10.0. The Hall–Kier alpha value is -1.17. The minimum Gasteiger partial charge on any atom is -0.312 e. The molecule has 0 saturated carbocycles. The van der Waals surface area contributed by atoms with E-state index in [1.807, 2.05) is 13.8 Å². The van der Waals surface area contributed by atoms with Crippen molar-refractivity contribution in [1.29, 1.82) is 0 Å². The quantitative estimate of drug-likeness (QED) is 0.920. The third kappa shape index (κ3) is 3.43. The van der Waals surface area contributed by atoms with Crippen LogP contribution in [0.3, 0.4) is 0 Å². The highest BCUT2D eigenvalue weighted by Crippen LogP contribution is 2.32. The molecule has 1 aromatic heterocycles. The zero-order chi connectivity index (χ0) is 14.0. The van der Waals surface area contributed by atoms with Crippen molar-refractivity contribution in [2.75, 3.05) is 6.54 Å². The molecule has 0 atom stereocenters. The maximum Gasteiger partial charge on any atom is 0.433 e. The van der Waals surface area contributed by atoms with Gasteiger partial charge in [-0.05, 0) is 12.3 Å². The molecule has 0 unspecified atom stereocenters. The van der Waals surface area contributed by atoms with Crippen molar-refractivity contribution in [3.8, 4) is 0 Å². The van der Waals surface area contributed by atoms with E-state index in [2.05, 4.69) is 15.3 Å². The molecule has 0 amide bonds. The van der Waals surface area contributed by atoms with Gasteiger partial charge in [0.2, 0.25) is 0 Å². The van der Waals surface area contributed by atoms with Gasteiger partial charge >= 0.3 is 6.18 Å². The Morgan fingerprint density at radius 1 is 1.26 bits per heavy atom. The summed E-state index contributed by atoms with van der Waals surface area (Å²) in [6.07, 6.45) is -2.57. The predicted molar refractivity (Wildman–Crippen MR) is 65.6 cm³/mol. The van der Waals surface area contributed by atoms with E-state index in [0.717, 1.165) is 6.42 Å². The Labute approximate surface area is 110 Å². The first-order valence-electron chi connectivity index (χ1n) is 6.54. The molecule has 0 bridgehead atoms. The summed E-state index contributed by atoms with van der Waals surface area (Å²) in [7, 11) is 0. The molecule has 19 heavy (non-hydrogen) atoms. The van der Waals surface area contributed by atoms with Crippen molar-refractivity contribution >= 4 is 0 Å². The Balaban J connectivity index is 2.37. The lowest BCUT2D eigenvalue weighted by molar-refractivity contribution is -0.142. The Morgan fingerprint density at radius 3 is 2.63 bits per heavy atom. The minimum absolute atomic E-state index is 0.203. The summed E-state index contributed by atoms with van der Waals surface area (Å²) < 4.78 is 39.1. The van der Waals surface area contributed by atoms with Crippen LogP contribution in [0.1, 0.15) is 43.0 Å². The molecule has 1 aliphatic rings. The molecule has 1 aliphatic heterocycles. The molecule has 2 rings (SSSR count). The topological polar surface area (TPSA) is 37.8 Å². The first kappa shape index (κ1) is 14.2. The third-order valence-corrected chi connectivity index (χ3v) is 3.19. The molecule has 6 heteroatoms. The third-order valence-electron chi connectivity index (χ3n) is 3.19. The number of aryl methyl sites for hydroxylation is 1. The summed E-state index contributed by atoms with van der Waals surface area (Å²) in [5, 5.41) is 2.94. The van der Waals surface area contributed by atoms with E-state index in [1.54, 1.807) is 0 Å². The summed E-state index contributed by atoms with van der Waals surface area (Å²) >= 11 is 0. The molecule has 1 aromatic rings. The van der Waals surface area contributed by atoms with Crippen molar-refractivity contribution in [2.24, 2.45) is 5.92 Å².